The van der Waals surface area contributed by atoms with Crippen molar-refractivity contribution < 1.29 is 9.53 Å². The van der Waals surface area contributed by atoms with Crippen LogP contribution in [0, 0.1) is 0 Å². The van der Waals surface area contributed by atoms with Crippen molar-refractivity contribution in [2.75, 3.05) is 20.7 Å². The van der Waals surface area contributed by atoms with Gasteiger partial charge in [-0.25, -0.2) is 0 Å². The summed E-state index contributed by atoms with van der Waals surface area (Å²) in [5.74, 6) is -0.293. The molecule has 0 aromatic carbocycles. The fourth-order valence-corrected chi connectivity index (χ4v) is 2.83. The van der Waals surface area contributed by atoms with Gasteiger partial charge in [0.15, 0.2) is 0 Å². The van der Waals surface area contributed by atoms with Crippen LogP contribution in [-0.2, 0) is 16.0 Å². The Hall–Kier alpha value is -1.46. The summed E-state index contributed by atoms with van der Waals surface area (Å²) in [6, 6.07) is 6.29. The first-order valence-corrected chi connectivity index (χ1v) is 7.02. The molecule has 1 aromatic rings. The maximum Gasteiger partial charge on any atom is 0.325 e. The molecule has 20 heavy (non-hydrogen) atoms. The molecule has 0 amide bonds. The molecule has 0 saturated heterocycles. The summed E-state index contributed by atoms with van der Waals surface area (Å²) >= 11 is 0. The molecule has 2 unspecified atom stereocenters. The molecule has 1 fully saturated rings. The van der Waals surface area contributed by atoms with Crippen LogP contribution in [0.2, 0.25) is 0 Å². The van der Waals surface area contributed by atoms with E-state index in [4.69, 9.17) is 10.5 Å². The molecule has 1 heterocycles. The lowest BCUT2D eigenvalue weighted by Crippen LogP contribution is -2.47. The van der Waals surface area contributed by atoms with Gasteiger partial charge in [0.25, 0.3) is 0 Å². The maximum atomic E-state index is 11.7. The molecule has 1 aliphatic rings. The van der Waals surface area contributed by atoms with Crippen molar-refractivity contribution in [2.45, 2.75) is 37.3 Å². The van der Waals surface area contributed by atoms with Crippen LogP contribution >= 0.6 is 0 Å². The predicted octanol–water partition coefficient (Wildman–Crippen LogP) is 0.979. The highest BCUT2D eigenvalue weighted by molar-refractivity contribution is 5.81. The number of carbonyl (C=O) groups is 1. The maximum absolute atomic E-state index is 11.7. The summed E-state index contributed by atoms with van der Waals surface area (Å²) in [6.07, 6.45) is 5.01. The fourth-order valence-electron chi connectivity index (χ4n) is 2.83. The second kappa shape index (κ2) is 6.33. The molecular formula is C15H23N3O2. The topological polar surface area (TPSA) is 68.5 Å². The van der Waals surface area contributed by atoms with Crippen molar-refractivity contribution in [3.8, 4) is 0 Å². The average Bonchev–Trinajstić information content (AvgIpc) is 2.89. The zero-order valence-corrected chi connectivity index (χ0v) is 12.2. The predicted molar refractivity (Wildman–Crippen MR) is 77.1 cm³/mol. The van der Waals surface area contributed by atoms with Crippen LogP contribution in [0.1, 0.15) is 25.0 Å². The van der Waals surface area contributed by atoms with E-state index < -0.39 is 5.54 Å². The monoisotopic (exact) mass is 277 g/mol. The summed E-state index contributed by atoms with van der Waals surface area (Å²) in [4.78, 5) is 18.3. The van der Waals surface area contributed by atoms with Gasteiger partial charge < -0.3 is 15.4 Å². The van der Waals surface area contributed by atoms with Gasteiger partial charge in [-0.15, -0.1) is 0 Å². The molecule has 2 atom stereocenters. The Kier molecular flexibility index (Phi) is 4.73. The standard InChI is InChI=1S/C15H23N3O2/c1-18(10-7-12-5-3-4-9-17-12)13-6-8-15(16,11-13)14(19)20-2/h3-5,9,13H,6-8,10-11,16H2,1-2H3. The summed E-state index contributed by atoms with van der Waals surface area (Å²) in [6.45, 7) is 0.916. The quantitative estimate of drug-likeness (QED) is 0.813. The van der Waals surface area contributed by atoms with Crippen LogP contribution < -0.4 is 5.73 Å². The number of esters is 1. The number of aromatic nitrogens is 1. The number of nitrogens with two attached hydrogens (primary N) is 1. The Morgan fingerprint density at radius 3 is 3.05 bits per heavy atom. The van der Waals surface area contributed by atoms with E-state index in [-0.39, 0.29) is 5.97 Å². The van der Waals surface area contributed by atoms with E-state index in [0.29, 0.717) is 18.9 Å². The first kappa shape index (κ1) is 14.9. The molecule has 5 nitrogen and oxygen atoms in total. The summed E-state index contributed by atoms with van der Waals surface area (Å²) in [5, 5.41) is 0. The molecule has 2 N–H and O–H groups in total. The van der Waals surface area contributed by atoms with Gasteiger partial charge in [-0.1, -0.05) is 6.07 Å². The third-order valence-corrected chi connectivity index (χ3v) is 4.19. The number of likely N-dealkylation sites (N-methyl/N-ethyl adjacent to an activating group) is 1. The molecule has 1 aromatic heterocycles. The van der Waals surface area contributed by atoms with Gasteiger partial charge in [0.1, 0.15) is 5.54 Å². The SMILES string of the molecule is COC(=O)C1(N)CCC(N(C)CCc2ccccn2)C1. The van der Waals surface area contributed by atoms with Crippen LogP contribution in [0.3, 0.4) is 0 Å². The molecule has 2 rings (SSSR count). The van der Waals surface area contributed by atoms with Gasteiger partial charge in [0.05, 0.1) is 7.11 Å². The van der Waals surface area contributed by atoms with Crippen LogP contribution in [0.4, 0.5) is 0 Å². The van der Waals surface area contributed by atoms with Gasteiger partial charge in [0, 0.05) is 30.9 Å². The highest BCUT2D eigenvalue weighted by Gasteiger charge is 2.43. The first-order valence-electron chi connectivity index (χ1n) is 7.02. The molecule has 0 radical (unpaired) electrons. The minimum absolute atomic E-state index is 0.293. The molecule has 0 spiro atoms. The molecular weight excluding hydrogens is 254 g/mol. The average molecular weight is 277 g/mol. The third kappa shape index (κ3) is 3.35. The number of ether oxygens (including phenoxy) is 1. The number of hydrogen-bond donors (Lipinski definition) is 1. The number of hydrogen-bond acceptors (Lipinski definition) is 5. The third-order valence-electron chi connectivity index (χ3n) is 4.19. The van der Waals surface area contributed by atoms with Gasteiger partial charge in [-0.3, -0.25) is 9.78 Å². The van der Waals surface area contributed by atoms with Crippen LogP contribution in [0.15, 0.2) is 24.4 Å². The largest absolute Gasteiger partial charge is 0.468 e. The Bertz CT molecular complexity index is 452. The zero-order chi connectivity index (χ0) is 14.6. The lowest BCUT2D eigenvalue weighted by molar-refractivity contribution is -0.146. The lowest BCUT2D eigenvalue weighted by Gasteiger charge is -2.26. The highest BCUT2D eigenvalue weighted by atomic mass is 16.5. The molecule has 110 valence electrons. The lowest BCUT2D eigenvalue weighted by atomic mass is 9.99. The van der Waals surface area contributed by atoms with Gasteiger partial charge >= 0.3 is 5.97 Å². The number of methoxy groups -OCH3 is 1. The number of nitrogens with zero attached hydrogens (tertiary/aromatic N) is 2. The molecule has 5 heteroatoms. The summed E-state index contributed by atoms with van der Waals surface area (Å²) in [7, 11) is 3.48. The van der Waals surface area contributed by atoms with E-state index >= 15 is 0 Å². The normalized spacial score (nSPS) is 25.9. The van der Waals surface area contributed by atoms with E-state index in [1.54, 1.807) is 0 Å². The van der Waals surface area contributed by atoms with E-state index in [1.807, 2.05) is 24.4 Å². The first-order chi connectivity index (χ1) is 9.55. The van der Waals surface area contributed by atoms with E-state index in [9.17, 15) is 4.79 Å². The highest BCUT2D eigenvalue weighted by Crippen LogP contribution is 2.31. The molecule has 1 saturated carbocycles. The smallest absolute Gasteiger partial charge is 0.325 e. The fraction of sp³-hybridized carbons (Fsp3) is 0.600. The summed E-state index contributed by atoms with van der Waals surface area (Å²) in [5.41, 5.74) is 6.42. The Morgan fingerprint density at radius 2 is 2.40 bits per heavy atom. The van der Waals surface area contributed by atoms with Crippen molar-refractivity contribution >= 4 is 5.97 Å². The number of pyridine rings is 1. The molecule has 0 aliphatic heterocycles. The van der Waals surface area contributed by atoms with Crippen LogP contribution in [0.5, 0.6) is 0 Å². The van der Waals surface area contributed by atoms with E-state index in [1.165, 1.54) is 7.11 Å². The van der Waals surface area contributed by atoms with Crippen molar-refractivity contribution in [3.63, 3.8) is 0 Å². The number of carbonyl (C=O) groups excluding carboxylic acids is 1. The second-order valence-electron chi connectivity index (χ2n) is 5.60. The van der Waals surface area contributed by atoms with Crippen molar-refractivity contribution in [1.29, 1.82) is 0 Å². The Morgan fingerprint density at radius 1 is 1.60 bits per heavy atom. The van der Waals surface area contributed by atoms with Crippen molar-refractivity contribution in [2.24, 2.45) is 5.73 Å². The van der Waals surface area contributed by atoms with Gasteiger partial charge in [-0.05, 0) is 38.4 Å². The minimum atomic E-state index is -0.807. The minimum Gasteiger partial charge on any atom is -0.468 e. The second-order valence-corrected chi connectivity index (χ2v) is 5.60. The van der Waals surface area contributed by atoms with E-state index in [2.05, 4.69) is 16.9 Å². The number of rotatable bonds is 5. The van der Waals surface area contributed by atoms with Gasteiger partial charge in [-0.2, -0.15) is 0 Å². The molecule has 0 bridgehead atoms. The Balaban J connectivity index is 1.85. The van der Waals surface area contributed by atoms with Crippen LogP contribution in [0.25, 0.3) is 0 Å². The van der Waals surface area contributed by atoms with Crippen molar-refractivity contribution in [3.05, 3.63) is 30.1 Å². The van der Waals surface area contributed by atoms with Gasteiger partial charge in [0.2, 0.25) is 0 Å². The zero-order valence-electron chi connectivity index (χ0n) is 12.2. The summed E-state index contributed by atoms with van der Waals surface area (Å²) < 4.78 is 4.80. The Labute approximate surface area is 120 Å². The van der Waals surface area contributed by atoms with Crippen molar-refractivity contribution in [1.82, 2.24) is 9.88 Å². The molecule has 1 aliphatic carbocycles. The van der Waals surface area contributed by atoms with E-state index in [0.717, 1.165) is 25.1 Å². The van der Waals surface area contributed by atoms with Crippen LogP contribution in [-0.4, -0.2) is 48.1 Å².